The Balaban J connectivity index is 0.00000128. The van der Waals surface area contributed by atoms with Crippen LogP contribution in [0, 0.1) is 5.92 Å². The van der Waals surface area contributed by atoms with Gasteiger partial charge in [-0.3, -0.25) is 0 Å². The Bertz CT molecular complexity index is 376. The molecule has 90 valence electrons. The number of hydrogen-bond donors (Lipinski definition) is 1. The third kappa shape index (κ3) is 3.41. The highest BCUT2D eigenvalue weighted by Gasteiger charge is 2.25. The Morgan fingerprint density at radius 3 is 2.44 bits per heavy atom. The first-order valence-electron chi connectivity index (χ1n) is 4.98. The SMILES string of the molecule is Cl.N[C@@H](CC1CC1)c1cc(Cl)cc(Cl)c1Cl. The number of rotatable bonds is 3. The summed E-state index contributed by atoms with van der Waals surface area (Å²) in [5.41, 5.74) is 6.93. The van der Waals surface area contributed by atoms with Crippen LogP contribution in [0.15, 0.2) is 12.1 Å². The molecule has 0 spiro atoms. The largest absolute Gasteiger partial charge is 0.324 e. The third-order valence-corrected chi connectivity index (χ3v) is 3.74. The molecule has 2 rings (SSSR count). The topological polar surface area (TPSA) is 26.0 Å². The van der Waals surface area contributed by atoms with Crippen molar-refractivity contribution in [3.63, 3.8) is 0 Å². The molecule has 1 fully saturated rings. The molecule has 1 nitrogen and oxygen atoms in total. The van der Waals surface area contributed by atoms with Crippen molar-refractivity contribution in [1.29, 1.82) is 0 Å². The highest BCUT2D eigenvalue weighted by molar-refractivity contribution is 6.43. The Morgan fingerprint density at radius 2 is 1.88 bits per heavy atom. The second-order valence-corrected chi connectivity index (χ2v) is 5.30. The van der Waals surface area contributed by atoms with Crippen LogP contribution in [0.2, 0.25) is 15.1 Å². The van der Waals surface area contributed by atoms with Crippen molar-refractivity contribution in [1.82, 2.24) is 0 Å². The van der Waals surface area contributed by atoms with Gasteiger partial charge in [-0.2, -0.15) is 0 Å². The van der Waals surface area contributed by atoms with E-state index in [2.05, 4.69) is 0 Å². The monoisotopic (exact) mass is 299 g/mol. The lowest BCUT2D eigenvalue weighted by atomic mass is 10.0. The second kappa shape index (κ2) is 5.79. The standard InChI is InChI=1S/C11H12Cl3N.ClH/c12-7-4-8(11(14)9(13)5-7)10(15)3-6-1-2-6;/h4-6,10H,1-3,15H2;1H/t10-;/m0./s1. The summed E-state index contributed by atoms with van der Waals surface area (Å²) in [7, 11) is 0. The Hall–Kier alpha value is 0.340. The van der Waals surface area contributed by atoms with E-state index >= 15 is 0 Å². The molecule has 0 saturated heterocycles. The van der Waals surface area contributed by atoms with Gasteiger partial charge in [-0.25, -0.2) is 0 Å². The van der Waals surface area contributed by atoms with Crippen molar-refractivity contribution in [2.45, 2.75) is 25.3 Å². The number of halogens is 4. The van der Waals surface area contributed by atoms with Crippen molar-refractivity contribution in [2.24, 2.45) is 11.7 Å². The average Bonchev–Trinajstić information content (AvgIpc) is 2.94. The molecule has 5 heteroatoms. The van der Waals surface area contributed by atoms with Gasteiger partial charge in [-0.1, -0.05) is 47.6 Å². The van der Waals surface area contributed by atoms with Gasteiger partial charge in [0.1, 0.15) is 0 Å². The van der Waals surface area contributed by atoms with Crippen LogP contribution in [-0.2, 0) is 0 Å². The van der Waals surface area contributed by atoms with E-state index in [1.54, 1.807) is 6.07 Å². The average molecular weight is 301 g/mol. The third-order valence-electron chi connectivity index (χ3n) is 2.70. The molecule has 0 aliphatic heterocycles. The van der Waals surface area contributed by atoms with E-state index in [4.69, 9.17) is 40.5 Å². The van der Waals surface area contributed by atoms with Crippen molar-refractivity contribution in [3.8, 4) is 0 Å². The van der Waals surface area contributed by atoms with Gasteiger partial charge >= 0.3 is 0 Å². The van der Waals surface area contributed by atoms with Crippen LogP contribution in [0.5, 0.6) is 0 Å². The van der Waals surface area contributed by atoms with Gasteiger partial charge in [0.25, 0.3) is 0 Å². The zero-order chi connectivity index (χ0) is 11.0. The predicted molar refractivity (Wildman–Crippen MR) is 73.0 cm³/mol. The minimum atomic E-state index is -0.0544. The van der Waals surface area contributed by atoms with Gasteiger partial charge in [-0.15, -0.1) is 12.4 Å². The van der Waals surface area contributed by atoms with Crippen molar-refractivity contribution in [2.75, 3.05) is 0 Å². The van der Waals surface area contributed by atoms with E-state index in [0.29, 0.717) is 15.1 Å². The van der Waals surface area contributed by atoms with Crippen molar-refractivity contribution in [3.05, 3.63) is 32.8 Å². The van der Waals surface area contributed by atoms with E-state index in [1.807, 2.05) is 6.07 Å². The molecule has 1 aliphatic rings. The molecule has 1 aliphatic carbocycles. The lowest BCUT2D eigenvalue weighted by molar-refractivity contribution is 0.597. The summed E-state index contributed by atoms with van der Waals surface area (Å²) < 4.78 is 0. The smallest absolute Gasteiger partial charge is 0.0641 e. The Morgan fingerprint density at radius 1 is 1.25 bits per heavy atom. The molecule has 0 heterocycles. The van der Waals surface area contributed by atoms with E-state index in [9.17, 15) is 0 Å². The summed E-state index contributed by atoms with van der Waals surface area (Å²) >= 11 is 18.0. The lowest BCUT2D eigenvalue weighted by Crippen LogP contribution is -2.11. The zero-order valence-electron chi connectivity index (χ0n) is 8.55. The first-order chi connectivity index (χ1) is 7.08. The quantitative estimate of drug-likeness (QED) is 0.792. The molecular formula is C11H13Cl4N. The fourth-order valence-electron chi connectivity index (χ4n) is 1.69. The van der Waals surface area contributed by atoms with E-state index < -0.39 is 0 Å². The molecule has 0 bridgehead atoms. The molecule has 2 N–H and O–H groups in total. The Kier molecular flexibility index (Phi) is 5.21. The zero-order valence-corrected chi connectivity index (χ0v) is 11.6. The summed E-state index contributed by atoms with van der Waals surface area (Å²) in [4.78, 5) is 0. The first kappa shape index (κ1) is 14.4. The fourth-order valence-corrected chi connectivity index (χ4v) is 2.44. The van der Waals surface area contributed by atoms with Crippen molar-refractivity contribution < 1.29 is 0 Å². The van der Waals surface area contributed by atoms with E-state index in [1.165, 1.54) is 12.8 Å². The molecule has 0 amide bonds. The van der Waals surface area contributed by atoms with Crippen LogP contribution in [0.1, 0.15) is 30.9 Å². The highest BCUT2D eigenvalue weighted by Crippen LogP contribution is 2.40. The maximum Gasteiger partial charge on any atom is 0.0641 e. The highest BCUT2D eigenvalue weighted by atomic mass is 35.5. The summed E-state index contributed by atoms with van der Waals surface area (Å²) in [6.45, 7) is 0. The molecule has 0 aromatic heterocycles. The molecular weight excluding hydrogens is 288 g/mol. The van der Waals surface area contributed by atoms with Gasteiger partial charge in [0.2, 0.25) is 0 Å². The predicted octanol–water partition coefficient (Wildman–Crippen LogP) is 4.87. The van der Waals surface area contributed by atoms with E-state index in [0.717, 1.165) is 17.9 Å². The number of benzene rings is 1. The summed E-state index contributed by atoms with van der Waals surface area (Å²) in [6.07, 6.45) is 3.52. The second-order valence-electron chi connectivity index (χ2n) is 4.08. The molecule has 0 radical (unpaired) electrons. The number of nitrogens with two attached hydrogens (primary N) is 1. The maximum absolute atomic E-state index is 6.09. The van der Waals surface area contributed by atoms with Gasteiger partial charge < -0.3 is 5.73 Å². The van der Waals surface area contributed by atoms with Crippen LogP contribution in [0.4, 0.5) is 0 Å². The molecule has 16 heavy (non-hydrogen) atoms. The Labute approximate surface area is 117 Å². The fraction of sp³-hybridized carbons (Fsp3) is 0.455. The van der Waals surface area contributed by atoms with Crippen LogP contribution >= 0.6 is 47.2 Å². The summed E-state index contributed by atoms with van der Waals surface area (Å²) in [5, 5.41) is 1.60. The van der Waals surface area contributed by atoms with Crippen LogP contribution in [0.3, 0.4) is 0 Å². The molecule has 1 atom stereocenters. The number of hydrogen-bond acceptors (Lipinski definition) is 1. The van der Waals surface area contributed by atoms with Gasteiger partial charge in [0, 0.05) is 11.1 Å². The van der Waals surface area contributed by atoms with Crippen LogP contribution < -0.4 is 5.73 Å². The lowest BCUT2D eigenvalue weighted by Gasteiger charge is -2.14. The van der Waals surface area contributed by atoms with E-state index in [-0.39, 0.29) is 18.4 Å². The minimum Gasteiger partial charge on any atom is -0.324 e. The van der Waals surface area contributed by atoms with Crippen molar-refractivity contribution >= 4 is 47.2 Å². The van der Waals surface area contributed by atoms with Gasteiger partial charge in [0.15, 0.2) is 0 Å². The van der Waals surface area contributed by atoms with Crippen LogP contribution in [0.25, 0.3) is 0 Å². The summed E-state index contributed by atoms with van der Waals surface area (Å²) in [6, 6.07) is 3.39. The first-order valence-corrected chi connectivity index (χ1v) is 6.11. The minimum absolute atomic E-state index is 0. The van der Waals surface area contributed by atoms with Crippen LogP contribution in [-0.4, -0.2) is 0 Å². The van der Waals surface area contributed by atoms with Gasteiger partial charge in [-0.05, 0) is 30.0 Å². The molecule has 1 saturated carbocycles. The maximum atomic E-state index is 6.09. The summed E-state index contributed by atoms with van der Waals surface area (Å²) in [5.74, 6) is 0.758. The molecule has 1 aromatic carbocycles. The molecule has 1 aromatic rings. The van der Waals surface area contributed by atoms with Gasteiger partial charge in [0.05, 0.1) is 10.0 Å². The molecule has 0 unspecified atom stereocenters. The normalized spacial score (nSPS) is 16.8.